The van der Waals surface area contributed by atoms with Crippen LogP contribution >= 0.6 is 0 Å². The maximum atomic E-state index is 5.96. The highest BCUT2D eigenvalue weighted by Crippen LogP contribution is 2.36. The Bertz CT molecular complexity index is 740. The quantitative estimate of drug-likeness (QED) is 0.905. The SMILES string of the molecule is COc1ccc(-c2cnc(N)nc2C2CCCN(C3CCCC3)C2)cc1. The maximum Gasteiger partial charge on any atom is 0.220 e. The molecule has 1 atom stereocenters. The molecule has 0 bridgehead atoms. The zero-order valence-corrected chi connectivity index (χ0v) is 15.5. The number of methoxy groups -OCH3 is 1. The number of nitrogens with zero attached hydrogens (tertiary/aromatic N) is 3. The molecule has 5 heteroatoms. The average molecular weight is 352 g/mol. The number of aromatic nitrogens is 2. The van der Waals surface area contributed by atoms with Crippen molar-refractivity contribution in [1.29, 1.82) is 0 Å². The van der Waals surface area contributed by atoms with E-state index in [0.29, 0.717) is 11.9 Å². The molecule has 1 saturated carbocycles. The lowest BCUT2D eigenvalue weighted by Crippen LogP contribution is -2.41. The molecule has 2 fully saturated rings. The second-order valence-electron chi connectivity index (χ2n) is 7.53. The lowest BCUT2D eigenvalue weighted by atomic mass is 9.89. The summed E-state index contributed by atoms with van der Waals surface area (Å²) < 4.78 is 5.28. The molecular formula is C21H28N4O. The Labute approximate surface area is 155 Å². The monoisotopic (exact) mass is 352 g/mol. The first kappa shape index (κ1) is 17.3. The molecule has 1 aromatic heterocycles. The molecular weight excluding hydrogens is 324 g/mol. The third kappa shape index (κ3) is 3.54. The molecule has 0 radical (unpaired) electrons. The van der Waals surface area contributed by atoms with Gasteiger partial charge in [-0.25, -0.2) is 9.97 Å². The average Bonchev–Trinajstić information content (AvgIpc) is 3.23. The Kier molecular flexibility index (Phi) is 5.07. The minimum atomic E-state index is 0.371. The molecule has 5 nitrogen and oxygen atoms in total. The summed E-state index contributed by atoms with van der Waals surface area (Å²) in [6.07, 6.45) is 9.74. The van der Waals surface area contributed by atoms with E-state index in [2.05, 4.69) is 27.0 Å². The molecule has 138 valence electrons. The molecule has 0 spiro atoms. The largest absolute Gasteiger partial charge is 0.497 e. The molecule has 2 N–H and O–H groups in total. The summed E-state index contributed by atoms with van der Waals surface area (Å²) in [7, 11) is 1.69. The van der Waals surface area contributed by atoms with E-state index in [-0.39, 0.29) is 0 Å². The van der Waals surface area contributed by atoms with Gasteiger partial charge in [0.1, 0.15) is 5.75 Å². The standard InChI is InChI=1S/C21H28N4O/c1-26-18-10-8-15(9-11-18)19-13-23-21(22)24-20(19)16-5-4-12-25(14-16)17-6-2-3-7-17/h8-11,13,16-17H,2-7,12,14H2,1H3,(H2,22,23,24). The molecule has 2 aromatic rings. The molecule has 1 unspecified atom stereocenters. The number of nitrogen functional groups attached to an aromatic ring is 1. The van der Waals surface area contributed by atoms with Crippen LogP contribution in [0.4, 0.5) is 5.95 Å². The lowest BCUT2D eigenvalue weighted by molar-refractivity contribution is 0.149. The van der Waals surface area contributed by atoms with E-state index in [1.54, 1.807) is 7.11 Å². The number of nitrogens with two attached hydrogens (primary N) is 1. The summed E-state index contributed by atoms with van der Waals surface area (Å²) in [6, 6.07) is 8.90. The first-order chi connectivity index (χ1) is 12.7. The van der Waals surface area contributed by atoms with Crippen molar-refractivity contribution in [2.45, 2.75) is 50.5 Å². The van der Waals surface area contributed by atoms with Crippen molar-refractivity contribution in [2.24, 2.45) is 0 Å². The minimum absolute atomic E-state index is 0.371. The van der Waals surface area contributed by atoms with Crippen molar-refractivity contribution in [3.63, 3.8) is 0 Å². The smallest absolute Gasteiger partial charge is 0.220 e. The Morgan fingerprint density at radius 3 is 2.58 bits per heavy atom. The molecule has 4 rings (SSSR count). The van der Waals surface area contributed by atoms with Crippen LogP contribution in [0, 0.1) is 0 Å². The van der Waals surface area contributed by atoms with Crippen molar-refractivity contribution < 1.29 is 4.74 Å². The molecule has 0 amide bonds. The predicted octanol–water partition coefficient (Wildman–Crippen LogP) is 3.86. The summed E-state index contributed by atoms with van der Waals surface area (Å²) in [5.74, 6) is 1.65. The van der Waals surface area contributed by atoms with Crippen LogP contribution in [0.25, 0.3) is 11.1 Å². The molecule has 2 aliphatic rings. The fraction of sp³-hybridized carbons (Fsp3) is 0.524. The zero-order valence-electron chi connectivity index (χ0n) is 15.5. The van der Waals surface area contributed by atoms with Gasteiger partial charge < -0.3 is 10.5 Å². The fourth-order valence-corrected chi connectivity index (χ4v) is 4.54. The topological polar surface area (TPSA) is 64.3 Å². The van der Waals surface area contributed by atoms with Gasteiger partial charge in [0.2, 0.25) is 5.95 Å². The van der Waals surface area contributed by atoms with E-state index in [9.17, 15) is 0 Å². The van der Waals surface area contributed by atoms with Crippen LogP contribution in [-0.2, 0) is 0 Å². The van der Waals surface area contributed by atoms with Gasteiger partial charge in [-0.2, -0.15) is 0 Å². The van der Waals surface area contributed by atoms with Crippen LogP contribution in [0.5, 0.6) is 5.75 Å². The van der Waals surface area contributed by atoms with Gasteiger partial charge in [-0.1, -0.05) is 25.0 Å². The lowest BCUT2D eigenvalue weighted by Gasteiger charge is -2.37. The van der Waals surface area contributed by atoms with E-state index in [1.165, 1.54) is 45.1 Å². The number of likely N-dealkylation sites (tertiary alicyclic amines) is 1. The highest BCUT2D eigenvalue weighted by atomic mass is 16.5. The Morgan fingerprint density at radius 2 is 1.85 bits per heavy atom. The van der Waals surface area contributed by atoms with E-state index in [0.717, 1.165) is 35.2 Å². The first-order valence-corrected chi connectivity index (χ1v) is 9.75. The van der Waals surface area contributed by atoms with Crippen molar-refractivity contribution >= 4 is 5.95 Å². The van der Waals surface area contributed by atoms with Gasteiger partial charge >= 0.3 is 0 Å². The van der Waals surface area contributed by atoms with Gasteiger partial charge in [0, 0.05) is 30.3 Å². The maximum absolute atomic E-state index is 5.96. The van der Waals surface area contributed by atoms with E-state index >= 15 is 0 Å². The van der Waals surface area contributed by atoms with E-state index < -0.39 is 0 Å². The second kappa shape index (κ2) is 7.62. The van der Waals surface area contributed by atoms with Crippen molar-refractivity contribution in [3.05, 3.63) is 36.2 Å². The fourth-order valence-electron chi connectivity index (χ4n) is 4.54. The second-order valence-corrected chi connectivity index (χ2v) is 7.53. The Morgan fingerprint density at radius 1 is 1.08 bits per heavy atom. The molecule has 26 heavy (non-hydrogen) atoms. The zero-order chi connectivity index (χ0) is 17.9. The predicted molar refractivity (Wildman–Crippen MR) is 104 cm³/mol. The van der Waals surface area contributed by atoms with Gasteiger partial charge in [-0.15, -0.1) is 0 Å². The number of anilines is 1. The Hall–Kier alpha value is -2.14. The summed E-state index contributed by atoms with van der Waals surface area (Å²) >= 11 is 0. The third-order valence-corrected chi connectivity index (χ3v) is 5.92. The van der Waals surface area contributed by atoms with E-state index in [1.807, 2.05) is 18.3 Å². The van der Waals surface area contributed by atoms with Crippen LogP contribution in [-0.4, -0.2) is 41.1 Å². The summed E-state index contributed by atoms with van der Waals surface area (Å²) in [6.45, 7) is 2.31. The van der Waals surface area contributed by atoms with Crippen LogP contribution in [0.15, 0.2) is 30.5 Å². The van der Waals surface area contributed by atoms with Crippen LogP contribution in [0.3, 0.4) is 0 Å². The van der Waals surface area contributed by atoms with Gasteiger partial charge in [0.15, 0.2) is 0 Å². The third-order valence-electron chi connectivity index (χ3n) is 5.92. The van der Waals surface area contributed by atoms with Crippen molar-refractivity contribution in [3.8, 4) is 16.9 Å². The number of piperidine rings is 1. The normalized spacial score (nSPS) is 21.8. The van der Waals surface area contributed by atoms with Gasteiger partial charge in [-0.05, 0) is 49.9 Å². The number of ether oxygens (including phenoxy) is 1. The van der Waals surface area contributed by atoms with Crippen molar-refractivity contribution in [2.75, 3.05) is 25.9 Å². The molecule has 1 aromatic carbocycles. The van der Waals surface area contributed by atoms with Crippen LogP contribution in [0.2, 0.25) is 0 Å². The number of benzene rings is 1. The first-order valence-electron chi connectivity index (χ1n) is 9.75. The number of hydrogen-bond acceptors (Lipinski definition) is 5. The Balaban J connectivity index is 1.63. The molecule has 1 saturated heterocycles. The molecule has 2 heterocycles. The summed E-state index contributed by atoms with van der Waals surface area (Å²) in [5.41, 5.74) is 9.28. The van der Waals surface area contributed by atoms with Gasteiger partial charge in [0.25, 0.3) is 0 Å². The minimum Gasteiger partial charge on any atom is -0.497 e. The number of hydrogen-bond donors (Lipinski definition) is 1. The highest BCUT2D eigenvalue weighted by molar-refractivity contribution is 5.67. The molecule has 1 aliphatic carbocycles. The van der Waals surface area contributed by atoms with Crippen molar-refractivity contribution in [1.82, 2.24) is 14.9 Å². The van der Waals surface area contributed by atoms with Gasteiger partial charge in [0.05, 0.1) is 12.8 Å². The van der Waals surface area contributed by atoms with Crippen LogP contribution in [0.1, 0.15) is 50.1 Å². The number of rotatable bonds is 4. The summed E-state index contributed by atoms with van der Waals surface area (Å²) in [5, 5.41) is 0. The van der Waals surface area contributed by atoms with Crippen LogP contribution < -0.4 is 10.5 Å². The summed E-state index contributed by atoms with van der Waals surface area (Å²) in [4.78, 5) is 11.6. The highest BCUT2D eigenvalue weighted by Gasteiger charge is 2.30. The molecule has 1 aliphatic heterocycles. The van der Waals surface area contributed by atoms with Gasteiger partial charge in [-0.3, -0.25) is 4.90 Å². The van der Waals surface area contributed by atoms with E-state index in [4.69, 9.17) is 10.5 Å².